The van der Waals surface area contributed by atoms with Gasteiger partial charge in [-0.2, -0.15) is 0 Å². The second kappa shape index (κ2) is 4.65. The number of nitrogens with zero attached hydrogens (tertiary/aromatic N) is 1. The summed E-state index contributed by atoms with van der Waals surface area (Å²) in [6.45, 7) is 1.58. The fraction of sp³-hybridized carbons (Fsp3) is 0.0588. The largest absolute Gasteiger partial charge is 0.295 e. The van der Waals surface area contributed by atoms with Gasteiger partial charge < -0.3 is 0 Å². The highest BCUT2D eigenvalue weighted by atomic mass is 16.1. The Bertz CT molecular complexity index is 739. The topological polar surface area (TPSA) is 30.0 Å². The molecule has 0 atom stereocenters. The van der Waals surface area contributed by atoms with Crippen molar-refractivity contribution < 1.29 is 4.79 Å². The van der Waals surface area contributed by atoms with Gasteiger partial charge in [0.05, 0.1) is 0 Å². The number of aromatic nitrogens is 1. The molecule has 2 heteroatoms. The summed E-state index contributed by atoms with van der Waals surface area (Å²) in [5.41, 5.74) is 2.98. The Morgan fingerprint density at radius 3 is 2.53 bits per heavy atom. The summed E-state index contributed by atoms with van der Waals surface area (Å²) in [6, 6.07) is 15.9. The molecule has 3 rings (SSSR count). The van der Waals surface area contributed by atoms with Crippen LogP contribution in [0, 0.1) is 0 Å². The molecule has 1 heterocycles. The third kappa shape index (κ3) is 2.13. The van der Waals surface area contributed by atoms with Gasteiger partial charge in [-0.1, -0.05) is 42.5 Å². The summed E-state index contributed by atoms with van der Waals surface area (Å²) in [4.78, 5) is 15.5. The van der Waals surface area contributed by atoms with Crippen molar-refractivity contribution in [3.8, 4) is 11.1 Å². The van der Waals surface area contributed by atoms with Crippen LogP contribution in [-0.4, -0.2) is 10.8 Å². The second-order valence-corrected chi connectivity index (χ2v) is 4.54. The van der Waals surface area contributed by atoms with Crippen molar-refractivity contribution in [2.45, 2.75) is 6.92 Å². The Balaban J connectivity index is 2.16. The molecule has 1 aromatic heterocycles. The monoisotopic (exact) mass is 247 g/mol. The Morgan fingerprint density at radius 2 is 1.79 bits per heavy atom. The molecule has 0 saturated heterocycles. The molecule has 0 spiro atoms. The van der Waals surface area contributed by atoms with Crippen LogP contribution in [0.1, 0.15) is 17.3 Å². The number of hydrogen-bond acceptors (Lipinski definition) is 2. The molecule has 0 unspecified atom stereocenters. The van der Waals surface area contributed by atoms with E-state index >= 15 is 0 Å². The lowest BCUT2D eigenvalue weighted by atomic mass is 9.98. The van der Waals surface area contributed by atoms with Crippen molar-refractivity contribution in [3.63, 3.8) is 0 Å². The number of ketones is 1. The van der Waals surface area contributed by atoms with Gasteiger partial charge in [-0.15, -0.1) is 0 Å². The third-order valence-corrected chi connectivity index (χ3v) is 3.29. The molecule has 0 aliphatic rings. The average molecular weight is 247 g/mol. The third-order valence-electron chi connectivity index (χ3n) is 3.29. The molecule has 0 aliphatic heterocycles. The maximum absolute atomic E-state index is 11.3. The highest BCUT2D eigenvalue weighted by Crippen LogP contribution is 2.28. The van der Waals surface area contributed by atoms with Gasteiger partial charge in [0.1, 0.15) is 0 Å². The van der Waals surface area contributed by atoms with Gasteiger partial charge in [0.25, 0.3) is 0 Å². The van der Waals surface area contributed by atoms with Crippen molar-refractivity contribution in [2.24, 2.45) is 0 Å². The summed E-state index contributed by atoms with van der Waals surface area (Å²) in [7, 11) is 0. The fourth-order valence-electron chi connectivity index (χ4n) is 2.25. The summed E-state index contributed by atoms with van der Waals surface area (Å²) < 4.78 is 0. The predicted octanol–water partition coefficient (Wildman–Crippen LogP) is 4.10. The van der Waals surface area contributed by atoms with Crippen LogP contribution in [0.5, 0.6) is 0 Å². The molecular formula is C17H13NO. The summed E-state index contributed by atoms with van der Waals surface area (Å²) in [5.74, 6) is 0.0890. The first kappa shape index (κ1) is 11.6. The number of carbonyl (C=O) groups is 1. The molecule has 0 aliphatic carbocycles. The molecule has 0 fully saturated rings. The molecule has 0 radical (unpaired) electrons. The van der Waals surface area contributed by atoms with E-state index in [0.29, 0.717) is 0 Å². The minimum absolute atomic E-state index is 0.0890. The lowest BCUT2D eigenvalue weighted by Crippen LogP contribution is -1.91. The van der Waals surface area contributed by atoms with Gasteiger partial charge >= 0.3 is 0 Å². The molecule has 92 valence electrons. The minimum Gasteiger partial charge on any atom is -0.295 e. The standard InChI is InChI=1S/C17H13NO/c1-12(19)13-5-7-15(8-6-13)16-4-2-3-14-9-10-18-11-17(14)16/h2-11H,1H3. The van der Waals surface area contributed by atoms with Crippen LogP contribution in [0.25, 0.3) is 21.9 Å². The summed E-state index contributed by atoms with van der Waals surface area (Å²) in [6.07, 6.45) is 3.68. The van der Waals surface area contributed by atoms with E-state index in [-0.39, 0.29) is 5.78 Å². The van der Waals surface area contributed by atoms with Crippen LogP contribution in [0.3, 0.4) is 0 Å². The van der Waals surface area contributed by atoms with Crippen molar-refractivity contribution in [2.75, 3.05) is 0 Å². The van der Waals surface area contributed by atoms with E-state index in [1.54, 1.807) is 13.1 Å². The number of rotatable bonds is 2. The van der Waals surface area contributed by atoms with E-state index in [1.807, 2.05) is 42.6 Å². The second-order valence-electron chi connectivity index (χ2n) is 4.54. The molecule has 0 bridgehead atoms. The molecule has 0 amide bonds. The lowest BCUT2D eigenvalue weighted by Gasteiger charge is -2.06. The molecule has 19 heavy (non-hydrogen) atoms. The quantitative estimate of drug-likeness (QED) is 0.638. The van der Waals surface area contributed by atoms with Gasteiger partial charge in [0.15, 0.2) is 5.78 Å². The predicted molar refractivity (Wildman–Crippen MR) is 77.2 cm³/mol. The van der Waals surface area contributed by atoms with Crippen molar-refractivity contribution >= 4 is 16.6 Å². The maximum atomic E-state index is 11.3. The van der Waals surface area contributed by atoms with Crippen LogP contribution in [0.2, 0.25) is 0 Å². The molecule has 3 aromatic rings. The van der Waals surface area contributed by atoms with Crippen LogP contribution >= 0.6 is 0 Å². The van der Waals surface area contributed by atoms with E-state index in [1.165, 1.54) is 5.39 Å². The maximum Gasteiger partial charge on any atom is 0.159 e. The van der Waals surface area contributed by atoms with Gasteiger partial charge in [0, 0.05) is 23.3 Å². The number of carbonyl (C=O) groups excluding carboxylic acids is 1. The molecular weight excluding hydrogens is 234 g/mol. The number of hydrogen-bond donors (Lipinski definition) is 0. The lowest BCUT2D eigenvalue weighted by molar-refractivity contribution is 0.101. The number of Topliss-reactive ketones (excluding diaryl/α,β-unsaturated/α-hetero) is 1. The Kier molecular flexibility index (Phi) is 2.84. The van der Waals surface area contributed by atoms with E-state index in [9.17, 15) is 4.79 Å². The van der Waals surface area contributed by atoms with Gasteiger partial charge in [-0.3, -0.25) is 9.78 Å². The van der Waals surface area contributed by atoms with Crippen molar-refractivity contribution in [3.05, 3.63) is 66.5 Å². The summed E-state index contributed by atoms with van der Waals surface area (Å²) in [5, 5.41) is 2.30. The van der Waals surface area contributed by atoms with Crippen LogP contribution < -0.4 is 0 Å². The Hall–Kier alpha value is -2.48. The minimum atomic E-state index is 0.0890. The number of pyridine rings is 1. The summed E-state index contributed by atoms with van der Waals surface area (Å²) >= 11 is 0. The highest BCUT2D eigenvalue weighted by Gasteiger charge is 2.04. The van der Waals surface area contributed by atoms with Crippen LogP contribution in [-0.2, 0) is 0 Å². The molecule has 2 nitrogen and oxygen atoms in total. The van der Waals surface area contributed by atoms with E-state index in [0.717, 1.165) is 22.1 Å². The zero-order valence-electron chi connectivity index (χ0n) is 10.6. The number of benzene rings is 2. The first-order valence-corrected chi connectivity index (χ1v) is 6.20. The van der Waals surface area contributed by atoms with E-state index < -0.39 is 0 Å². The zero-order valence-corrected chi connectivity index (χ0v) is 10.6. The Morgan fingerprint density at radius 1 is 1.00 bits per heavy atom. The normalized spacial score (nSPS) is 10.6. The number of fused-ring (bicyclic) bond motifs is 1. The Labute approximate surface area is 111 Å². The van der Waals surface area contributed by atoms with Gasteiger partial charge in [0.2, 0.25) is 0 Å². The van der Waals surface area contributed by atoms with Crippen LogP contribution in [0.15, 0.2) is 60.9 Å². The smallest absolute Gasteiger partial charge is 0.159 e. The zero-order chi connectivity index (χ0) is 13.2. The molecule has 0 saturated carbocycles. The average Bonchev–Trinajstić information content (AvgIpc) is 2.47. The van der Waals surface area contributed by atoms with Gasteiger partial charge in [-0.05, 0) is 29.5 Å². The molecule has 2 aromatic carbocycles. The molecule has 0 N–H and O–H groups in total. The van der Waals surface area contributed by atoms with Crippen molar-refractivity contribution in [1.29, 1.82) is 0 Å². The van der Waals surface area contributed by atoms with Crippen LogP contribution in [0.4, 0.5) is 0 Å². The highest BCUT2D eigenvalue weighted by molar-refractivity contribution is 5.97. The fourth-order valence-corrected chi connectivity index (χ4v) is 2.25. The first-order valence-electron chi connectivity index (χ1n) is 6.20. The SMILES string of the molecule is CC(=O)c1ccc(-c2cccc3ccncc23)cc1. The van der Waals surface area contributed by atoms with Gasteiger partial charge in [-0.25, -0.2) is 0 Å². The van der Waals surface area contributed by atoms with E-state index in [4.69, 9.17) is 0 Å². The first-order chi connectivity index (χ1) is 9.25. The van der Waals surface area contributed by atoms with E-state index in [2.05, 4.69) is 17.1 Å². The van der Waals surface area contributed by atoms with Crippen molar-refractivity contribution in [1.82, 2.24) is 4.98 Å².